The molecular formula is C15H12Cl2F3N. The van der Waals surface area contributed by atoms with E-state index in [1.54, 1.807) is 0 Å². The van der Waals surface area contributed by atoms with Crippen LogP contribution in [0.4, 0.5) is 13.2 Å². The van der Waals surface area contributed by atoms with E-state index in [-0.39, 0.29) is 28.9 Å². The van der Waals surface area contributed by atoms with Crippen molar-refractivity contribution in [2.24, 2.45) is 5.73 Å². The zero-order chi connectivity index (χ0) is 15.6. The van der Waals surface area contributed by atoms with E-state index in [0.29, 0.717) is 11.1 Å². The molecule has 2 aromatic rings. The minimum Gasteiger partial charge on any atom is -0.330 e. The molecule has 0 radical (unpaired) electrons. The Hall–Kier alpha value is -1.23. The third kappa shape index (κ3) is 3.90. The Morgan fingerprint density at radius 3 is 1.81 bits per heavy atom. The smallest absolute Gasteiger partial charge is 0.126 e. The van der Waals surface area contributed by atoms with Crippen LogP contribution in [-0.4, -0.2) is 6.54 Å². The standard InChI is InChI=1S/C15H12Cl2F3N/c16-13-5-12(20)6-14(17)15(13)9(7-21)1-8-2-10(18)4-11(19)3-8/h2-6,9H,1,7,21H2. The molecule has 1 nitrogen and oxygen atoms in total. The Labute approximate surface area is 130 Å². The van der Waals surface area contributed by atoms with Crippen LogP contribution in [0.1, 0.15) is 17.0 Å². The number of benzene rings is 2. The van der Waals surface area contributed by atoms with Crippen molar-refractivity contribution in [3.63, 3.8) is 0 Å². The maximum absolute atomic E-state index is 13.2. The van der Waals surface area contributed by atoms with Crippen molar-refractivity contribution in [3.8, 4) is 0 Å². The van der Waals surface area contributed by atoms with Crippen LogP contribution in [-0.2, 0) is 6.42 Å². The molecule has 0 aromatic heterocycles. The van der Waals surface area contributed by atoms with E-state index in [1.807, 2.05) is 0 Å². The lowest BCUT2D eigenvalue weighted by atomic mass is 9.91. The second kappa shape index (κ2) is 6.69. The molecule has 0 bridgehead atoms. The predicted molar refractivity (Wildman–Crippen MR) is 78.3 cm³/mol. The predicted octanol–water partition coefficient (Wildman–Crippen LogP) is 4.70. The topological polar surface area (TPSA) is 26.0 Å². The van der Waals surface area contributed by atoms with Crippen molar-refractivity contribution in [1.82, 2.24) is 0 Å². The Kier molecular flexibility index (Phi) is 5.14. The average Bonchev–Trinajstić information content (AvgIpc) is 2.35. The minimum atomic E-state index is -0.669. The molecule has 1 atom stereocenters. The van der Waals surface area contributed by atoms with Gasteiger partial charge in [0.15, 0.2) is 0 Å². The summed E-state index contributed by atoms with van der Waals surface area (Å²) in [6.45, 7) is 0.156. The second-order valence-electron chi connectivity index (χ2n) is 4.70. The maximum Gasteiger partial charge on any atom is 0.126 e. The highest BCUT2D eigenvalue weighted by molar-refractivity contribution is 6.36. The van der Waals surface area contributed by atoms with E-state index in [9.17, 15) is 13.2 Å². The molecule has 0 aliphatic heterocycles. The summed E-state index contributed by atoms with van der Waals surface area (Å²) in [6, 6.07) is 5.50. The molecule has 0 aliphatic rings. The molecule has 2 rings (SSSR count). The van der Waals surface area contributed by atoms with E-state index < -0.39 is 17.5 Å². The molecule has 0 fully saturated rings. The van der Waals surface area contributed by atoms with Crippen molar-refractivity contribution in [3.05, 3.63) is 69.0 Å². The number of halogens is 5. The minimum absolute atomic E-state index is 0.146. The zero-order valence-corrected chi connectivity index (χ0v) is 12.4. The first-order chi connectivity index (χ1) is 9.90. The summed E-state index contributed by atoms with van der Waals surface area (Å²) in [4.78, 5) is 0. The molecule has 2 aromatic carbocycles. The average molecular weight is 334 g/mol. The largest absolute Gasteiger partial charge is 0.330 e. The van der Waals surface area contributed by atoms with Crippen LogP contribution in [0.3, 0.4) is 0 Å². The van der Waals surface area contributed by atoms with Gasteiger partial charge in [0.2, 0.25) is 0 Å². The number of hydrogen-bond acceptors (Lipinski definition) is 1. The van der Waals surface area contributed by atoms with Crippen LogP contribution in [0.2, 0.25) is 10.0 Å². The zero-order valence-electron chi connectivity index (χ0n) is 10.8. The first-order valence-electron chi connectivity index (χ1n) is 6.20. The Bertz CT molecular complexity index is 618. The molecule has 112 valence electrons. The molecule has 0 amide bonds. The fourth-order valence-electron chi connectivity index (χ4n) is 2.26. The Morgan fingerprint density at radius 1 is 0.857 bits per heavy atom. The van der Waals surface area contributed by atoms with Gasteiger partial charge in [0.05, 0.1) is 0 Å². The van der Waals surface area contributed by atoms with Crippen LogP contribution in [0.15, 0.2) is 30.3 Å². The molecule has 6 heteroatoms. The normalized spacial score (nSPS) is 12.5. The number of rotatable bonds is 4. The van der Waals surface area contributed by atoms with E-state index in [2.05, 4.69) is 0 Å². The molecule has 1 unspecified atom stereocenters. The van der Waals surface area contributed by atoms with Gasteiger partial charge >= 0.3 is 0 Å². The van der Waals surface area contributed by atoms with E-state index >= 15 is 0 Å². The Morgan fingerprint density at radius 2 is 1.33 bits per heavy atom. The fourth-order valence-corrected chi connectivity index (χ4v) is 3.03. The molecule has 2 N–H and O–H groups in total. The monoisotopic (exact) mass is 333 g/mol. The van der Waals surface area contributed by atoms with Crippen LogP contribution in [0.5, 0.6) is 0 Å². The Balaban J connectivity index is 2.36. The van der Waals surface area contributed by atoms with E-state index in [1.165, 1.54) is 12.1 Å². The first-order valence-corrected chi connectivity index (χ1v) is 6.95. The van der Waals surface area contributed by atoms with Crippen molar-refractivity contribution in [2.45, 2.75) is 12.3 Å². The van der Waals surface area contributed by atoms with E-state index in [4.69, 9.17) is 28.9 Å². The highest BCUT2D eigenvalue weighted by Crippen LogP contribution is 2.34. The summed E-state index contributed by atoms with van der Waals surface area (Å²) in [5.74, 6) is -2.26. The van der Waals surface area contributed by atoms with Crippen LogP contribution < -0.4 is 5.73 Å². The van der Waals surface area contributed by atoms with Crippen molar-refractivity contribution < 1.29 is 13.2 Å². The van der Waals surface area contributed by atoms with Crippen molar-refractivity contribution in [1.29, 1.82) is 0 Å². The SMILES string of the molecule is NCC(Cc1cc(F)cc(F)c1)c1c(Cl)cc(F)cc1Cl. The number of hydrogen-bond donors (Lipinski definition) is 1. The fraction of sp³-hybridized carbons (Fsp3) is 0.200. The van der Waals surface area contributed by atoms with Crippen molar-refractivity contribution >= 4 is 23.2 Å². The molecule has 21 heavy (non-hydrogen) atoms. The van der Waals surface area contributed by atoms with Gasteiger partial charge in [0, 0.05) is 22.0 Å². The quantitative estimate of drug-likeness (QED) is 0.862. The highest BCUT2D eigenvalue weighted by atomic mass is 35.5. The molecule has 0 spiro atoms. The molecule has 0 aliphatic carbocycles. The van der Waals surface area contributed by atoms with Gasteiger partial charge < -0.3 is 5.73 Å². The highest BCUT2D eigenvalue weighted by Gasteiger charge is 2.19. The maximum atomic E-state index is 13.2. The second-order valence-corrected chi connectivity index (χ2v) is 5.51. The summed E-state index contributed by atoms with van der Waals surface area (Å²) >= 11 is 12.0. The lowest BCUT2D eigenvalue weighted by molar-refractivity contribution is 0.575. The van der Waals surface area contributed by atoms with Crippen LogP contribution in [0.25, 0.3) is 0 Å². The number of nitrogens with two attached hydrogens (primary N) is 1. The van der Waals surface area contributed by atoms with Gasteiger partial charge in [-0.1, -0.05) is 23.2 Å². The molecule has 0 saturated carbocycles. The summed E-state index contributed by atoms with van der Waals surface area (Å²) in [5.41, 5.74) is 6.61. The molecule has 0 saturated heterocycles. The van der Waals surface area contributed by atoms with Crippen LogP contribution >= 0.6 is 23.2 Å². The lowest BCUT2D eigenvalue weighted by Crippen LogP contribution is -2.16. The van der Waals surface area contributed by atoms with Crippen molar-refractivity contribution in [2.75, 3.05) is 6.54 Å². The molecular weight excluding hydrogens is 322 g/mol. The summed E-state index contributed by atoms with van der Waals surface area (Å²) in [6.07, 6.45) is 0.246. The van der Waals surface area contributed by atoms with Gasteiger partial charge in [-0.2, -0.15) is 0 Å². The van der Waals surface area contributed by atoms with Gasteiger partial charge in [0.1, 0.15) is 17.5 Å². The third-order valence-electron chi connectivity index (χ3n) is 3.14. The van der Waals surface area contributed by atoms with Gasteiger partial charge in [-0.05, 0) is 48.4 Å². The third-order valence-corrected chi connectivity index (χ3v) is 3.77. The van der Waals surface area contributed by atoms with Crippen LogP contribution in [0, 0.1) is 17.5 Å². The van der Waals surface area contributed by atoms with Gasteiger partial charge in [-0.3, -0.25) is 0 Å². The van der Waals surface area contributed by atoms with Gasteiger partial charge in [-0.25, -0.2) is 13.2 Å². The molecule has 0 heterocycles. The summed E-state index contributed by atoms with van der Waals surface area (Å²) < 4.78 is 39.7. The summed E-state index contributed by atoms with van der Waals surface area (Å²) in [7, 11) is 0. The van der Waals surface area contributed by atoms with E-state index in [0.717, 1.165) is 18.2 Å². The van der Waals surface area contributed by atoms with Gasteiger partial charge in [0.25, 0.3) is 0 Å². The lowest BCUT2D eigenvalue weighted by Gasteiger charge is -2.18. The first kappa shape index (κ1) is 16.1. The van der Waals surface area contributed by atoms with Gasteiger partial charge in [-0.15, -0.1) is 0 Å². The summed E-state index contributed by atoms with van der Waals surface area (Å²) in [5, 5.41) is 0.291.